The molecule has 5 nitrogen and oxygen atoms in total. The first-order chi connectivity index (χ1) is 5.99. The molecule has 0 aromatic carbocycles. The number of nitrogens with one attached hydrogen (secondary N) is 1. The second-order valence-electron chi connectivity index (χ2n) is 2.50. The SMILES string of the molecule is CNC(=O)ON=C(C)[C@@H](C)[S@@](C)=O. The monoisotopic (exact) mass is 206 g/mol. The van der Waals surface area contributed by atoms with E-state index in [-0.39, 0.29) is 5.25 Å². The first-order valence-corrected chi connectivity index (χ1v) is 5.36. The van der Waals surface area contributed by atoms with E-state index in [4.69, 9.17) is 0 Å². The molecule has 0 aliphatic rings. The molecule has 0 aromatic rings. The highest BCUT2D eigenvalue weighted by molar-refractivity contribution is 7.85. The summed E-state index contributed by atoms with van der Waals surface area (Å²) in [6, 6.07) is 0. The minimum atomic E-state index is -1.000. The third kappa shape index (κ3) is 4.62. The molecule has 0 aliphatic carbocycles. The standard InChI is InChI=1S/C7H14N2O3S/c1-5(6(2)13(4)11)9-12-7(10)8-3/h6H,1-4H3,(H,8,10)/t6-,13-/m1/s1. The lowest BCUT2D eigenvalue weighted by Gasteiger charge is -2.05. The fourth-order valence-electron chi connectivity index (χ4n) is 0.474. The molecule has 1 amide bonds. The lowest BCUT2D eigenvalue weighted by molar-refractivity contribution is 0.153. The van der Waals surface area contributed by atoms with Crippen molar-refractivity contribution < 1.29 is 13.8 Å². The van der Waals surface area contributed by atoms with Crippen molar-refractivity contribution in [2.24, 2.45) is 5.16 Å². The number of carbonyl (C=O) groups is 1. The highest BCUT2D eigenvalue weighted by Gasteiger charge is 2.10. The van der Waals surface area contributed by atoms with Crippen LogP contribution in [0.15, 0.2) is 5.16 Å². The van der Waals surface area contributed by atoms with Gasteiger partial charge in [0.2, 0.25) is 0 Å². The Kier molecular flexibility index (Phi) is 5.29. The van der Waals surface area contributed by atoms with Gasteiger partial charge in [-0.3, -0.25) is 9.05 Å². The second-order valence-corrected chi connectivity index (χ2v) is 4.21. The van der Waals surface area contributed by atoms with Crippen LogP contribution in [0.5, 0.6) is 0 Å². The van der Waals surface area contributed by atoms with Crippen LogP contribution in [0.2, 0.25) is 0 Å². The van der Waals surface area contributed by atoms with Crippen LogP contribution in [0.1, 0.15) is 13.8 Å². The molecule has 0 unspecified atom stereocenters. The number of amides is 1. The first-order valence-electron chi connectivity index (χ1n) is 3.74. The third-order valence-corrected chi connectivity index (χ3v) is 2.90. The van der Waals surface area contributed by atoms with Crippen molar-refractivity contribution in [3.05, 3.63) is 0 Å². The topological polar surface area (TPSA) is 67.8 Å². The first kappa shape index (κ1) is 12.1. The summed E-state index contributed by atoms with van der Waals surface area (Å²) in [6.07, 6.45) is 0.942. The van der Waals surface area contributed by atoms with Gasteiger partial charge >= 0.3 is 6.09 Å². The molecule has 0 aliphatic heterocycles. The Hall–Kier alpha value is -0.910. The summed E-state index contributed by atoms with van der Waals surface area (Å²) in [5.74, 6) is 0. The van der Waals surface area contributed by atoms with E-state index in [0.717, 1.165) is 0 Å². The summed E-state index contributed by atoms with van der Waals surface area (Å²) in [4.78, 5) is 15.0. The lowest BCUT2D eigenvalue weighted by atomic mass is 10.3. The Morgan fingerprint density at radius 3 is 2.54 bits per heavy atom. The average Bonchev–Trinajstić information content (AvgIpc) is 2.11. The van der Waals surface area contributed by atoms with Crippen LogP contribution in [-0.4, -0.2) is 34.6 Å². The fourth-order valence-corrected chi connectivity index (χ4v) is 0.997. The van der Waals surface area contributed by atoms with Crippen molar-refractivity contribution in [1.82, 2.24) is 5.32 Å². The van der Waals surface area contributed by atoms with E-state index in [9.17, 15) is 9.00 Å². The quantitative estimate of drug-likeness (QED) is 0.415. The van der Waals surface area contributed by atoms with Crippen molar-refractivity contribution in [3.63, 3.8) is 0 Å². The summed E-state index contributed by atoms with van der Waals surface area (Å²) in [5, 5.41) is 5.57. The van der Waals surface area contributed by atoms with E-state index in [2.05, 4.69) is 15.3 Å². The number of oxime groups is 1. The number of hydrogen-bond donors (Lipinski definition) is 1. The molecule has 0 fully saturated rings. The van der Waals surface area contributed by atoms with E-state index < -0.39 is 16.9 Å². The largest absolute Gasteiger partial charge is 0.433 e. The minimum absolute atomic E-state index is 0.204. The summed E-state index contributed by atoms with van der Waals surface area (Å²) >= 11 is 0. The third-order valence-electron chi connectivity index (χ3n) is 1.56. The average molecular weight is 206 g/mol. The van der Waals surface area contributed by atoms with Crippen LogP contribution in [-0.2, 0) is 15.6 Å². The maximum absolute atomic E-state index is 11.0. The summed E-state index contributed by atoms with van der Waals surface area (Å²) < 4.78 is 11.0. The Balaban J connectivity index is 4.16. The van der Waals surface area contributed by atoms with Crippen molar-refractivity contribution in [2.75, 3.05) is 13.3 Å². The Bertz CT molecular complexity index is 240. The molecular formula is C7H14N2O3S. The van der Waals surface area contributed by atoms with Gasteiger partial charge in [-0.15, -0.1) is 0 Å². The molecule has 0 rings (SSSR count). The molecule has 0 radical (unpaired) electrons. The molecule has 0 aromatic heterocycles. The van der Waals surface area contributed by atoms with E-state index in [1.165, 1.54) is 7.05 Å². The van der Waals surface area contributed by atoms with Crippen LogP contribution in [0, 0.1) is 0 Å². The van der Waals surface area contributed by atoms with Crippen LogP contribution < -0.4 is 5.32 Å². The predicted octanol–water partition coefficient (Wildman–Crippen LogP) is 0.485. The zero-order valence-electron chi connectivity index (χ0n) is 8.16. The molecule has 1 N–H and O–H groups in total. The molecule has 0 bridgehead atoms. The van der Waals surface area contributed by atoms with Gasteiger partial charge in [0.1, 0.15) is 0 Å². The number of nitrogens with zero attached hydrogens (tertiary/aromatic N) is 1. The van der Waals surface area contributed by atoms with Gasteiger partial charge in [0, 0.05) is 24.1 Å². The van der Waals surface area contributed by atoms with Gasteiger partial charge in [-0.2, -0.15) is 0 Å². The van der Waals surface area contributed by atoms with E-state index in [1.54, 1.807) is 20.1 Å². The Morgan fingerprint density at radius 1 is 1.62 bits per heavy atom. The lowest BCUT2D eigenvalue weighted by Crippen LogP contribution is -2.22. The molecule has 0 spiro atoms. The summed E-state index contributed by atoms with van der Waals surface area (Å²) in [7, 11) is 0.440. The minimum Gasteiger partial charge on any atom is -0.323 e. The summed E-state index contributed by atoms with van der Waals surface area (Å²) in [5.41, 5.74) is 0.532. The molecule has 76 valence electrons. The number of rotatable bonds is 3. The second kappa shape index (κ2) is 5.69. The van der Waals surface area contributed by atoms with Crippen LogP contribution in [0.25, 0.3) is 0 Å². The molecule has 0 saturated carbocycles. The van der Waals surface area contributed by atoms with Crippen molar-refractivity contribution in [2.45, 2.75) is 19.1 Å². The van der Waals surface area contributed by atoms with Crippen molar-refractivity contribution in [1.29, 1.82) is 0 Å². The highest BCUT2D eigenvalue weighted by atomic mass is 32.2. The zero-order chi connectivity index (χ0) is 10.4. The zero-order valence-corrected chi connectivity index (χ0v) is 8.97. The van der Waals surface area contributed by atoms with Gasteiger partial charge in [-0.25, -0.2) is 4.79 Å². The van der Waals surface area contributed by atoms with Gasteiger partial charge in [-0.05, 0) is 13.8 Å². The molecule has 2 atom stereocenters. The van der Waals surface area contributed by atoms with E-state index in [0.29, 0.717) is 5.71 Å². The van der Waals surface area contributed by atoms with Gasteiger partial charge in [0.25, 0.3) is 0 Å². The number of hydrogen-bond acceptors (Lipinski definition) is 4. The molecule has 13 heavy (non-hydrogen) atoms. The van der Waals surface area contributed by atoms with Gasteiger partial charge < -0.3 is 5.32 Å². The Labute approximate surface area is 80.0 Å². The van der Waals surface area contributed by atoms with Gasteiger partial charge in [0.05, 0.1) is 11.0 Å². The number of carbonyl (C=O) groups excluding carboxylic acids is 1. The van der Waals surface area contributed by atoms with E-state index in [1.807, 2.05) is 0 Å². The highest BCUT2D eigenvalue weighted by Crippen LogP contribution is 1.97. The van der Waals surface area contributed by atoms with Crippen LogP contribution in [0.3, 0.4) is 0 Å². The smallest absolute Gasteiger partial charge is 0.323 e. The van der Waals surface area contributed by atoms with Gasteiger partial charge in [-0.1, -0.05) is 5.16 Å². The molecule has 6 heteroatoms. The maximum atomic E-state index is 11.0. The van der Waals surface area contributed by atoms with Crippen molar-refractivity contribution >= 4 is 22.6 Å². The normalized spacial score (nSPS) is 16.2. The Morgan fingerprint density at radius 2 is 2.15 bits per heavy atom. The predicted molar refractivity (Wildman–Crippen MR) is 52.2 cm³/mol. The van der Waals surface area contributed by atoms with Crippen LogP contribution in [0.4, 0.5) is 4.79 Å². The fraction of sp³-hybridized carbons (Fsp3) is 0.714. The molecule has 0 heterocycles. The molecule has 0 saturated heterocycles. The van der Waals surface area contributed by atoms with Crippen LogP contribution >= 0.6 is 0 Å². The maximum Gasteiger partial charge on any atom is 0.433 e. The van der Waals surface area contributed by atoms with Gasteiger partial charge in [0.15, 0.2) is 0 Å². The summed E-state index contributed by atoms with van der Waals surface area (Å²) in [6.45, 7) is 3.41. The van der Waals surface area contributed by atoms with Crippen molar-refractivity contribution in [3.8, 4) is 0 Å². The molecular weight excluding hydrogens is 192 g/mol. The van der Waals surface area contributed by atoms with E-state index >= 15 is 0 Å².